The third-order valence-electron chi connectivity index (χ3n) is 2.96. The Bertz CT molecular complexity index is 264. The molecule has 1 heterocycles. The van der Waals surface area contributed by atoms with Crippen LogP contribution in [0.15, 0.2) is 0 Å². The van der Waals surface area contributed by atoms with E-state index in [0.29, 0.717) is 6.54 Å². The Hall–Kier alpha value is -1.10. The molecule has 0 aliphatic carbocycles. The number of aliphatic carboxylic acids is 2. The molecule has 1 unspecified atom stereocenters. The zero-order valence-electron chi connectivity index (χ0n) is 8.64. The molecule has 0 amide bonds. The van der Waals surface area contributed by atoms with Crippen LogP contribution in [0.2, 0.25) is 0 Å². The minimum absolute atomic E-state index is 0.0159. The highest BCUT2D eigenvalue weighted by atomic mass is 16.4. The zero-order chi connectivity index (χ0) is 11.6. The highest BCUT2D eigenvalue weighted by Crippen LogP contribution is 2.31. The predicted molar refractivity (Wildman–Crippen MR) is 53.2 cm³/mol. The number of hydrogen-bond acceptors (Lipinski definition) is 3. The molecule has 5 nitrogen and oxygen atoms in total. The lowest BCUT2D eigenvalue weighted by molar-refractivity contribution is -0.142. The van der Waals surface area contributed by atoms with Crippen LogP contribution in [-0.4, -0.2) is 34.7 Å². The summed E-state index contributed by atoms with van der Waals surface area (Å²) in [6.45, 7) is 6.25. The molecule has 4 atom stereocenters. The summed E-state index contributed by atoms with van der Waals surface area (Å²) in [5.74, 6) is -2.24. The Balaban J connectivity index is 2.77. The Morgan fingerprint density at radius 1 is 1.53 bits per heavy atom. The van der Waals surface area contributed by atoms with E-state index >= 15 is 0 Å². The number of carboxylic acid groups (broad SMARTS) is 2. The molecule has 0 aromatic rings. The fourth-order valence-corrected chi connectivity index (χ4v) is 2.18. The van der Waals surface area contributed by atoms with Crippen LogP contribution in [-0.2, 0) is 9.59 Å². The molecule has 0 aromatic carbocycles. The summed E-state index contributed by atoms with van der Waals surface area (Å²) < 4.78 is 0. The van der Waals surface area contributed by atoms with Crippen LogP contribution in [0.4, 0.5) is 0 Å². The number of nitrogens with one attached hydrogen (secondary N) is 1. The fraction of sp³-hybridized carbons (Fsp3) is 0.700. The summed E-state index contributed by atoms with van der Waals surface area (Å²) in [6.07, 6.45) is -0.117. The monoisotopic (exact) mass is 214 g/mol. The summed E-state index contributed by atoms with van der Waals surface area (Å²) in [4.78, 5) is 21.5. The van der Waals surface area contributed by atoms with Crippen LogP contribution in [0.1, 0.15) is 13.3 Å². The maximum Gasteiger partial charge on any atom is 0.321 e. The van der Waals surface area contributed by atoms with Crippen molar-refractivity contribution in [2.24, 2.45) is 17.8 Å². The van der Waals surface area contributed by atoms with Crippen molar-refractivity contribution in [1.82, 2.24) is 5.32 Å². The van der Waals surface area contributed by atoms with Gasteiger partial charge >= 0.3 is 11.9 Å². The van der Waals surface area contributed by atoms with E-state index in [9.17, 15) is 9.59 Å². The van der Waals surface area contributed by atoms with Crippen LogP contribution in [0.5, 0.6) is 0 Å². The van der Waals surface area contributed by atoms with E-state index in [4.69, 9.17) is 10.2 Å². The van der Waals surface area contributed by atoms with Gasteiger partial charge in [0.2, 0.25) is 0 Å². The number of carbonyl (C=O) groups is 2. The maximum absolute atomic E-state index is 10.9. The number of carboxylic acids is 2. The van der Waals surface area contributed by atoms with Crippen LogP contribution in [0.25, 0.3) is 0 Å². The average molecular weight is 214 g/mol. The molecule has 0 saturated carbocycles. The lowest BCUT2D eigenvalue weighted by Crippen LogP contribution is -2.37. The predicted octanol–water partition coefficient (Wildman–Crippen LogP) is 0.220. The standard InChI is InChI=1S/C10H16NO4/c1-5(2)7-4-11-9(10(14)15)6(7)3-8(12)13/h5-7,9,11H,1,3-4H2,2H3,(H,12,13)(H,14,15)/q-1/t5?,6-,7+,9-/m0/s1. The fourth-order valence-electron chi connectivity index (χ4n) is 2.18. The molecule has 1 fully saturated rings. The highest BCUT2D eigenvalue weighted by molar-refractivity contribution is 5.76. The van der Waals surface area contributed by atoms with Crippen molar-refractivity contribution >= 4 is 11.9 Å². The second kappa shape index (κ2) is 4.61. The SMILES string of the molecule is [CH2-]C(C)[C@H]1CN[C@H](C(=O)O)[C@H]1CC(=O)O. The molecule has 0 aromatic heterocycles. The van der Waals surface area contributed by atoms with Crippen molar-refractivity contribution in [2.45, 2.75) is 19.4 Å². The van der Waals surface area contributed by atoms with Crippen molar-refractivity contribution in [3.8, 4) is 0 Å². The van der Waals surface area contributed by atoms with E-state index in [1.807, 2.05) is 6.92 Å². The van der Waals surface area contributed by atoms with Gasteiger partial charge in [0.15, 0.2) is 0 Å². The molecule has 0 radical (unpaired) electrons. The summed E-state index contributed by atoms with van der Waals surface area (Å²) in [5, 5.41) is 20.5. The van der Waals surface area contributed by atoms with Gasteiger partial charge in [-0.3, -0.25) is 9.59 Å². The van der Waals surface area contributed by atoms with Crippen molar-refractivity contribution in [3.63, 3.8) is 0 Å². The molecule has 1 rings (SSSR count). The minimum Gasteiger partial charge on any atom is -0.481 e. The van der Waals surface area contributed by atoms with Gasteiger partial charge in [0.25, 0.3) is 0 Å². The molecule has 0 spiro atoms. The normalized spacial score (nSPS) is 32.5. The topological polar surface area (TPSA) is 86.6 Å². The van der Waals surface area contributed by atoms with Gasteiger partial charge in [-0.25, -0.2) is 0 Å². The molecule has 0 bridgehead atoms. The second-order valence-electron chi connectivity index (χ2n) is 4.13. The number of hydrogen-bond donors (Lipinski definition) is 3. The van der Waals surface area contributed by atoms with Gasteiger partial charge < -0.3 is 22.5 Å². The largest absolute Gasteiger partial charge is 0.481 e. The summed E-state index contributed by atoms with van der Waals surface area (Å²) in [7, 11) is 0. The van der Waals surface area contributed by atoms with Crippen molar-refractivity contribution < 1.29 is 19.8 Å². The van der Waals surface area contributed by atoms with E-state index in [1.165, 1.54) is 0 Å². The molecule has 15 heavy (non-hydrogen) atoms. The Morgan fingerprint density at radius 2 is 2.13 bits per heavy atom. The minimum atomic E-state index is -0.982. The molecule has 1 aliphatic rings. The van der Waals surface area contributed by atoms with Gasteiger partial charge in [-0.2, -0.15) is 5.92 Å². The van der Waals surface area contributed by atoms with Crippen LogP contribution in [0, 0.1) is 24.7 Å². The van der Waals surface area contributed by atoms with Crippen molar-refractivity contribution in [2.75, 3.05) is 6.54 Å². The quantitative estimate of drug-likeness (QED) is 0.583. The van der Waals surface area contributed by atoms with Crippen molar-refractivity contribution in [1.29, 1.82) is 0 Å². The van der Waals surface area contributed by atoms with Gasteiger partial charge in [-0.15, -0.1) is 0 Å². The van der Waals surface area contributed by atoms with Crippen LogP contribution >= 0.6 is 0 Å². The molecular formula is C10H16NO4-. The molecule has 86 valence electrons. The Kier molecular flexibility index (Phi) is 3.68. The van der Waals surface area contributed by atoms with Crippen LogP contribution in [0.3, 0.4) is 0 Å². The Labute approximate surface area is 88.5 Å². The molecule has 1 aliphatic heterocycles. The van der Waals surface area contributed by atoms with E-state index < -0.39 is 18.0 Å². The van der Waals surface area contributed by atoms with E-state index in [2.05, 4.69) is 12.2 Å². The van der Waals surface area contributed by atoms with Gasteiger partial charge in [-0.1, -0.05) is 6.92 Å². The first kappa shape index (κ1) is 12.0. The van der Waals surface area contributed by atoms with E-state index in [-0.39, 0.29) is 24.2 Å². The first-order valence-electron chi connectivity index (χ1n) is 4.94. The number of rotatable bonds is 4. The first-order chi connectivity index (χ1) is 6.93. The van der Waals surface area contributed by atoms with Crippen LogP contribution < -0.4 is 5.32 Å². The van der Waals surface area contributed by atoms with Gasteiger partial charge in [0, 0.05) is 0 Å². The zero-order valence-corrected chi connectivity index (χ0v) is 8.64. The lowest BCUT2D eigenvalue weighted by Gasteiger charge is -2.26. The van der Waals surface area contributed by atoms with Gasteiger partial charge in [0.1, 0.15) is 6.04 Å². The van der Waals surface area contributed by atoms with Gasteiger partial charge in [-0.05, 0) is 18.4 Å². The maximum atomic E-state index is 10.9. The highest BCUT2D eigenvalue weighted by Gasteiger charge is 2.40. The summed E-state index contributed by atoms with van der Waals surface area (Å²) in [5.41, 5.74) is 0. The van der Waals surface area contributed by atoms with E-state index in [0.717, 1.165) is 0 Å². The van der Waals surface area contributed by atoms with Crippen molar-refractivity contribution in [3.05, 3.63) is 6.92 Å². The summed E-state index contributed by atoms with van der Waals surface area (Å²) in [6, 6.07) is -0.754. The summed E-state index contributed by atoms with van der Waals surface area (Å²) >= 11 is 0. The Morgan fingerprint density at radius 3 is 2.53 bits per heavy atom. The second-order valence-corrected chi connectivity index (χ2v) is 4.13. The van der Waals surface area contributed by atoms with Gasteiger partial charge in [0.05, 0.1) is 6.42 Å². The molecular weight excluding hydrogens is 198 g/mol. The first-order valence-corrected chi connectivity index (χ1v) is 4.94. The molecule has 3 N–H and O–H groups in total. The average Bonchev–Trinajstić information content (AvgIpc) is 2.46. The smallest absolute Gasteiger partial charge is 0.321 e. The molecule has 1 saturated heterocycles. The molecule has 5 heteroatoms. The third kappa shape index (κ3) is 2.68. The lowest BCUT2D eigenvalue weighted by atomic mass is 9.81. The van der Waals surface area contributed by atoms with E-state index in [1.54, 1.807) is 0 Å². The third-order valence-corrected chi connectivity index (χ3v) is 2.96.